The van der Waals surface area contributed by atoms with Crippen LogP contribution in [0.15, 0.2) is 48.8 Å². The zero-order valence-corrected chi connectivity index (χ0v) is 9.91. The van der Waals surface area contributed by atoms with Crippen LogP contribution in [0.1, 0.15) is 18.5 Å². The lowest BCUT2D eigenvalue weighted by Gasteiger charge is -2.14. The number of nitrogens with one attached hydrogen (secondary N) is 1. The molecule has 0 aliphatic rings. The molecule has 1 aromatic carbocycles. The van der Waals surface area contributed by atoms with Crippen molar-refractivity contribution in [1.29, 1.82) is 0 Å². The second-order valence-corrected chi connectivity index (χ2v) is 3.96. The van der Waals surface area contributed by atoms with E-state index in [1.165, 1.54) is 12.1 Å². The lowest BCUT2D eigenvalue weighted by Crippen LogP contribution is -2.06. The number of aromatic nitrogens is 1. The number of benzene rings is 1. The van der Waals surface area contributed by atoms with Crippen molar-refractivity contribution in [3.05, 3.63) is 64.5 Å². The summed E-state index contributed by atoms with van der Waals surface area (Å²) in [5.41, 5.74) is 1.84. The molecule has 0 saturated carbocycles. The van der Waals surface area contributed by atoms with Crippen molar-refractivity contribution in [1.82, 2.24) is 4.98 Å². The van der Waals surface area contributed by atoms with Gasteiger partial charge in [-0.05, 0) is 24.6 Å². The van der Waals surface area contributed by atoms with Crippen LogP contribution in [0.25, 0.3) is 0 Å². The van der Waals surface area contributed by atoms with Crippen molar-refractivity contribution < 1.29 is 4.92 Å². The van der Waals surface area contributed by atoms with E-state index in [4.69, 9.17) is 0 Å². The standard InChI is InChI=1S/C13H13N3O2/c1-10(11-4-3-7-14-9-11)15-12-5-2-6-13(8-12)16(17)18/h2-10,15H,1H3. The van der Waals surface area contributed by atoms with Crippen LogP contribution in [-0.2, 0) is 0 Å². The molecule has 1 N–H and O–H groups in total. The normalized spacial score (nSPS) is 11.8. The summed E-state index contributed by atoms with van der Waals surface area (Å²) in [6.07, 6.45) is 3.48. The van der Waals surface area contributed by atoms with Crippen molar-refractivity contribution in [3.8, 4) is 0 Å². The number of non-ortho nitro benzene ring substituents is 1. The van der Waals surface area contributed by atoms with E-state index in [0.717, 1.165) is 11.3 Å². The highest BCUT2D eigenvalue weighted by Gasteiger charge is 2.08. The van der Waals surface area contributed by atoms with Crippen LogP contribution in [-0.4, -0.2) is 9.91 Å². The van der Waals surface area contributed by atoms with Crippen LogP contribution < -0.4 is 5.32 Å². The third-order valence-corrected chi connectivity index (χ3v) is 2.62. The van der Waals surface area contributed by atoms with Crippen LogP contribution in [0.5, 0.6) is 0 Å². The molecule has 0 fully saturated rings. The summed E-state index contributed by atoms with van der Waals surface area (Å²) >= 11 is 0. The largest absolute Gasteiger partial charge is 0.378 e. The van der Waals surface area contributed by atoms with E-state index < -0.39 is 4.92 Å². The third-order valence-electron chi connectivity index (χ3n) is 2.62. The van der Waals surface area contributed by atoms with Crippen molar-refractivity contribution >= 4 is 11.4 Å². The first-order valence-electron chi connectivity index (χ1n) is 5.58. The highest BCUT2D eigenvalue weighted by atomic mass is 16.6. The summed E-state index contributed by atoms with van der Waals surface area (Å²) in [6.45, 7) is 1.98. The van der Waals surface area contributed by atoms with Gasteiger partial charge < -0.3 is 5.32 Å². The molecule has 0 bridgehead atoms. The Morgan fingerprint density at radius 1 is 1.33 bits per heavy atom. The first-order valence-corrected chi connectivity index (χ1v) is 5.58. The summed E-state index contributed by atoms with van der Waals surface area (Å²) in [4.78, 5) is 14.3. The van der Waals surface area contributed by atoms with Crippen molar-refractivity contribution in [2.75, 3.05) is 5.32 Å². The maximum atomic E-state index is 10.7. The van der Waals surface area contributed by atoms with E-state index in [1.807, 2.05) is 19.1 Å². The van der Waals surface area contributed by atoms with Crippen LogP contribution >= 0.6 is 0 Å². The Bertz CT molecular complexity index is 543. The average molecular weight is 243 g/mol. The Morgan fingerprint density at radius 2 is 2.17 bits per heavy atom. The Hall–Kier alpha value is -2.43. The molecule has 0 aliphatic carbocycles. The molecule has 0 saturated heterocycles. The molecular weight excluding hydrogens is 230 g/mol. The van der Waals surface area contributed by atoms with Gasteiger partial charge in [-0.3, -0.25) is 15.1 Å². The Labute approximate surface area is 105 Å². The smallest absolute Gasteiger partial charge is 0.271 e. The topological polar surface area (TPSA) is 68.1 Å². The predicted octanol–water partition coefficient (Wildman–Crippen LogP) is 3.16. The molecule has 92 valence electrons. The van der Waals surface area contributed by atoms with Crippen molar-refractivity contribution in [2.24, 2.45) is 0 Å². The second kappa shape index (κ2) is 5.27. The maximum Gasteiger partial charge on any atom is 0.271 e. The number of nitro benzene ring substituents is 1. The van der Waals surface area contributed by atoms with Gasteiger partial charge in [0.05, 0.1) is 11.0 Å². The highest BCUT2D eigenvalue weighted by molar-refractivity contribution is 5.52. The zero-order chi connectivity index (χ0) is 13.0. The monoisotopic (exact) mass is 243 g/mol. The van der Waals surface area contributed by atoms with E-state index in [1.54, 1.807) is 24.5 Å². The lowest BCUT2D eigenvalue weighted by molar-refractivity contribution is -0.384. The van der Waals surface area contributed by atoms with Gasteiger partial charge in [0.15, 0.2) is 0 Å². The van der Waals surface area contributed by atoms with E-state index in [0.29, 0.717) is 0 Å². The van der Waals surface area contributed by atoms with Gasteiger partial charge in [-0.25, -0.2) is 0 Å². The minimum Gasteiger partial charge on any atom is -0.378 e. The number of rotatable bonds is 4. The fraction of sp³-hybridized carbons (Fsp3) is 0.154. The maximum absolute atomic E-state index is 10.7. The molecule has 0 amide bonds. The molecule has 0 aliphatic heterocycles. The molecule has 1 unspecified atom stereocenters. The summed E-state index contributed by atoms with van der Waals surface area (Å²) in [6, 6.07) is 10.3. The molecule has 2 rings (SSSR count). The third kappa shape index (κ3) is 2.82. The van der Waals surface area contributed by atoms with Gasteiger partial charge >= 0.3 is 0 Å². The first kappa shape index (κ1) is 12.0. The molecule has 2 aromatic rings. The van der Waals surface area contributed by atoms with Crippen LogP contribution in [0.2, 0.25) is 0 Å². The van der Waals surface area contributed by atoms with Gasteiger partial charge in [-0.15, -0.1) is 0 Å². The number of anilines is 1. The first-order chi connectivity index (χ1) is 8.66. The van der Waals surface area contributed by atoms with E-state index >= 15 is 0 Å². The second-order valence-electron chi connectivity index (χ2n) is 3.96. The van der Waals surface area contributed by atoms with Gasteiger partial charge in [0.1, 0.15) is 0 Å². The number of nitrogens with zero attached hydrogens (tertiary/aromatic N) is 2. The zero-order valence-electron chi connectivity index (χ0n) is 9.91. The number of hydrogen-bond donors (Lipinski definition) is 1. The Kier molecular flexibility index (Phi) is 3.52. The molecular formula is C13H13N3O2. The van der Waals surface area contributed by atoms with E-state index in [9.17, 15) is 10.1 Å². The van der Waals surface area contributed by atoms with E-state index in [2.05, 4.69) is 10.3 Å². The molecule has 1 atom stereocenters. The number of nitro groups is 1. The summed E-state index contributed by atoms with van der Waals surface area (Å²) in [5, 5.41) is 13.9. The summed E-state index contributed by atoms with van der Waals surface area (Å²) in [7, 11) is 0. The lowest BCUT2D eigenvalue weighted by atomic mass is 10.1. The van der Waals surface area contributed by atoms with Gasteiger partial charge in [0.25, 0.3) is 5.69 Å². The molecule has 5 nitrogen and oxygen atoms in total. The van der Waals surface area contributed by atoms with Gasteiger partial charge in [0.2, 0.25) is 0 Å². The fourth-order valence-electron chi connectivity index (χ4n) is 1.67. The predicted molar refractivity (Wildman–Crippen MR) is 69.4 cm³/mol. The fourth-order valence-corrected chi connectivity index (χ4v) is 1.67. The molecule has 5 heteroatoms. The quantitative estimate of drug-likeness (QED) is 0.661. The number of hydrogen-bond acceptors (Lipinski definition) is 4. The molecule has 0 spiro atoms. The van der Waals surface area contributed by atoms with Gasteiger partial charge in [0, 0.05) is 30.2 Å². The van der Waals surface area contributed by atoms with E-state index in [-0.39, 0.29) is 11.7 Å². The Morgan fingerprint density at radius 3 is 2.83 bits per heavy atom. The summed E-state index contributed by atoms with van der Waals surface area (Å²) in [5.74, 6) is 0. The van der Waals surface area contributed by atoms with Gasteiger partial charge in [-0.2, -0.15) is 0 Å². The van der Waals surface area contributed by atoms with Crippen LogP contribution in [0, 0.1) is 10.1 Å². The molecule has 1 aromatic heterocycles. The minimum atomic E-state index is -0.403. The SMILES string of the molecule is CC(Nc1cccc([N+](=O)[O-])c1)c1cccnc1. The minimum absolute atomic E-state index is 0.0423. The summed E-state index contributed by atoms with van der Waals surface area (Å²) < 4.78 is 0. The molecule has 18 heavy (non-hydrogen) atoms. The van der Waals surface area contributed by atoms with Crippen LogP contribution in [0.4, 0.5) is 11.4 Å². The average Bonchev–Trinajstić information content (AvgIpc) is 2.40. The molecule has 0 radical (unpaired) electrons. The van der Waals surface area contributed by atoms with Crippen molar-refractivity contribution in [3.63, 3.8) is 0 Å². The Balaban J connectivity index is 2.14. The highest BCUT2D eigenvalue weighted by Crippen LogP contribution is 2.22. The number of pyridine rings is 1. The van der Waals surface area contributed by atoms with Crippen molar-refractivity contribution in [2.45, 2.75) is 13.0 Å². The van der Waals surface area contributed by atoms with Gasteiger partial charge in [-0.1, -0.05) is 12.1 Å². The molecule has 1 heterocycles. The van der Waals surface area contributed by atoms with Crippen LogP contribution in [0.3, 0.4) is 0 Å².